The van der Waals surface area contributed by atoms with Crippen LogP contribution in [0.15, 0.2) is 10.5 Å². The smallest absolute Gasteiger partial charge is 0.255 e. The number of benzene rings is 1. The molecule has 1 aromatic carbocycles. The predicted molar refractivity (Wildman–Crippen MR) is 121 cm³/mol. The van der Waals surface area contributed by atoms with Gasteiger partial charge in [-0.2, -0.15) is 0 Å². The topological polar surface area (TPSA) is 83.1 Å². The number of halogens is 2. The van der Waals surface area contributed by atoms with Gasteiger partial charge in [-0.3, -0.25) is 4.79 Å². The van der Waals surface area contributed by atoms with E-state index in [1.807, 2.05) is 7.05 Å². The molecule has 1 saturated heterocycles. The van der Waals surface area contributed by atoms with E-state index in [-0.39, 0.29) is 11.8 Å². The lowest BCUT2D eigenvalue weighted by atomic mass is 9.93. The van der Waals surface area contributed by atoms with Crippen molar-refractivity contribution in [2.24, 2.45) is 5.92 Å². The van der Waals surface area contributed by atoms with Crippen molar-refractivity contribution in [1.29, 1.82) is 0 Å². The fourth-order valence-electron chi connectivity index (χ4n) is 3.88. The van der Waals surface area contributed by atoms with Gasteiger partial charge in [0.05, 0.1) is 34.4 Å². The van der Waals surface area contributed by atoms with Gasteiger partial charge in [-0.15, -0.1) is 0 Å². The average molecular weight is 505 g/mol. The number of rotatable bonds is 8. The number of unbranched alkanes of at least 4 members (excludes halogenated alkanes) is 1. The maximum absolute atomic E-state index is 12.9. The standard InChI is InChI=1S/C21H31BrClN3O4/c1-24-6-2-3-7-26-8-5-14(17(27)13-26)12-25-21(28)15-11-16(23)18(22)20-19(15)29-9-4-10-30-20/h11,14,17,24,27H,2-10,12-13H2,1H3,(H,25,28)/t14-,17+/m0/s1. The van der Waals surface area contributed by atoms with Crippen molar-refractivity contribution in [3.05, 3.63) is 21.1 Å². The van der Waals surface area contributed by atoms with Crippen molar-refractivity contribution >= 4 is 33.4 Å². The molecule has 9 heteroatoms. The molecule has 1 aromatic rings. The van der Waals surface area contributed by atoms with E-state index in [2.05, 4.69) is 31.5 Å². The number of hydrogen-bond acceptors (Lipinski definition) is 6. The van der Waals surface area contributed by atoms with Crippen LogP contribution in [0, 0.1) is 5.92 Å². The highest BCUT2D eigenvalue weighted by atomic mass is 79.9. The monoisotopic (exact) mass is 503 g/mol. The summed E-state index contributed by atoms with van der Waals surface area (Å²) < 4.78 is 12.1. The minimum absolute atomic E-state index is 0.0317. The molecule has 2 aliphatic heterocycles. The highest BCUT2D eigenvalue weighted by Gasteiger charge is 2.29. The van der Waals surface area contributed by atoms with Gasteiger partial charge >= 0.3 is 0 Å². The number of amides is 1. The third-order valence-electron chi connectivity index (χ3n) is 5.64. The van der Waals surface area contributed by atoms with Crippen LogP contribution in [0.2, 0.25) is 5.02 Å². The number of aliphatic hydroxyl groups is 1. The highest BCUT2D eigenvalue weighted by molar-refractivity contribution is 9.10. The van der Waals surface area contributed by atoms with Gasteiger partial charge in [-0.05, 0) is 67.9 Å². The van der Waals surface area contributed by atoms with Crippen molar-refractivity contribution in [2.75, 3.05) is 53.0 Å². The minimum Gasteiger partial charge on any atom is -0.489 e. The summed E-state index contributed by atoms with van der Waals surface area (Å²) in [7, 11) is 1.96. The van der Waals surface area contributed by atoms with Gasteiger partial charge in [0.1, 0.15) is 0 Å². The molecule has 0 saturated carbocycles. The molecular formula is C21H31BrClN3O4. The Balaban J connectivity index is 1.56. The summed E-state index contributed by atoms with van der Waals surface area (Å²) in [5.74, 6) is 0.645. The molecule has 3 rings (SSSR count). The molecule has 0 aromatic heterocycles. The highest BCUT2D eigenvalue weighted by Crippen LogP contribution is 2.44. The maximum atomic E-state index is 12.9. The zero-order chi connectivity index (χ0) is 21.5. The molecule has 2 aliphatic rings. The second kappa shape index (κ2) is 11.5. The number of β-amino-alcohol motifs (C(OH)–C–C–N with tert-alkyl or cyclic N) is 1. The van der Waals surface area contributed by atoms with Crippen LogP contribution < -0.4 is 20.1 Å². The zero-order valence-corrected chi connectivity index (χ0v) is 19.7. The van der Waals surface area contributed by atoms with Crippen LogP contribution in [0.1, 0.15) is 36.0 Å². The van der Waals surface area contributed by atoms with Gasteiger partial charge in [-0.1, -0.05) is 11.6 Å². The van der Waals surface area contributed by atoms with E-state index in [0.29, 0.717) is 52.9 Å². The molecule has 0 bridgehead atoms. The molecule has 0 unspecified atom stereocenters. The number of likely N-dealkylation sites (tertiary alicyclic amines) is 1. The minimum atomic E-state index is -0.450. The number of hydrogen-bond donors (Lipinski definition) is 3. The molecular weight excluding hydrogens is 474 g/mol. The van der Waals surface area contributed by atoms with E-state index in [1.54, 1.807) is 6.07 Å². The van der Waals surface area contributed by atoms with Gasteiger partial charge in [0.15, 0.2) is 11.5 Å². The van der Waals surface area contributed by atoms with E-state index >= 15 is 0 Å². The third-order valence-corrected chi connectivity index (χ3v) is 6.95. The summed E-state index contributed by atoms with van der Waals surface area (Å²) in [6.07, 6.45) is 3.39. The first-order chi connectivity index (χ1) is 14.5. The summed E-state index contributed by atoms with van der Waals surface area (Å²) >= 11 is 9.70. The first-order valence-electron chi connectivity index (χ1n) is 10.6. The molecule has 3 N–H and O–H groups in total. The van der Waals surface area contributed by atoms with Gasteiger partial charge in [0.2, 0.25) is 0 Å². The van der Waals surface area contributed by atoms with Crippen LogP contribution in [0.25, 0.3) is 0 Å². The van der Waals surface area contributed by atoms with Crippen molar-refractivity contribution in [1.82, 2.24) is 15.5 Å². The third kappa shape index (κ3) is 6.01. The lowest BCUT2D eigenvalue weighted by molar-refractivity contribution is 0.0216. The summed E-state index contributed by atoms with van der Waals surface area (Å²) in [4.78, 5) is 15.2. The Morgan fingerprint density at radius 3 is 2.83 bits per heavy atom. The molecule has 0 spiro atoms. The second-order valence-electron chi connectivity index (χ2n) is 7.87. The number of fused-ring (bicyclic) bond motifs is 1. The van der Waals surface area contributed by atoms with Crippen molar-refractivity contribution < 1.29 is 19.4 Å². The molecule has 2 heterocycles. The quantitative estimate of drug-likeness (QED) is 0.472. The Morgan fingerprint density at radius 2 is 2.10 bits per heavy atom. The maximum Gasteiger partial charge on any atom is 0.255 e. The normalized spacial score (nSPS) is 21.9. The SMILES string of the molecule is CNCCCCN1CC[C@@H](CNC(=O)c2cc(Cl)c(Br)c3c2OCCCO3)[C@H](O)C1. The van der Waals surface area contributed by atoms with Gasteiger partial charge < -0.3 is 30.1 Å². The van der Waals surface area contributed by atoms with Gasteiger partial charge in [0.25, 0.3) is 5.91 Å². The molecule has 1 fully saturated rings. The fraction of sp³-hybridized carbons (Fsp3) is 0.667. The largest absolute Gasteiger partial charge is 0.489 e. The zero-order valence-electron chi connectivity index (χ0n) is 17.4. The van der Waals surface area contributed by atoms with E-state index in [0.717, 1.165) is 45.3 Å². The summed E-state index contributed by atoms with van der Waals surface area (Å²) in [5, 5.41) is 17.1. The Morgan fingerprint density at radius 1 is 1.33 bits per heavy atom. The van der Waals surface area contributed by atoms with Crippen molar-refractivity contribution in [2.45, 2.75) is 31.8 Å². The van der Waals surface area contributed by atoms with Crippen molar-refractivity contribution in [3.63, 3.8) is 0 Å². The van der Waals surface area contributed by atoms with Crippen LogP contribution in [0.4, 0.5) is 0 Å². The van der Waals surface area contributed by atoms with E-state index in [1.165, 1.54) is 0 Å². The summed E-state index contributed by atoms with van der Waals surface area (Å²) in [6, 6.07) is 1.60. The average Bonchev–Trinajstić information content (AvgIpc) is 2.99. The van der Waals surface area contributed by atoms with Crippen LogP contribution >= 0.6 is 27.5 Å². The molecule has 30 heavy (non-hydrogen) atoms. The number of nitrogens with one attached hydrogen (secondary N) is 2. The van der Waals surface area contributed by atoms with E-state index in [9.17, 15) is 9.90 Å². The van der Waals surface area contributed by atoms with Crippen LogP contribution in [-0.2, 0) is 0 Å². The molecule has 0 radical (unpaired) electrons. The van der Waals surface area contributed by atoms with E-state index < -0.39 is 6.10 Å². The van der Waals surface area contributed by atoms with Crippen LogP contribution in [0.5, 0.6) is 11.5 Å². The second-order valence-corrected chi connectivity index (χ2v) is 9.07. The van der Waals surface area contributed by atoms with Crippen LogP contribution in [-0.4, -0.2) is 75.0 Å². The molecule has 0 aliphatic carbocycles. The number of carbonyl (C=O) groups excluding carboxylic acids is 1. The predicted octanol–water partition coefficient (Wildman–Crippen LogP) is 2.68. The molecule has 2 atom stereocenters. The Kier molecular flexibility index (Phi) is 9.07. The summed E-state index contributed by atoms with van der Waals surface area (Å²) in [6.45, 7) is 5.00. The lowest BCUT2D eigenvalue weighted by Gasteiger charge is -2.36. The lowest BCUT2D eigenvalue weighted by Crippen LogP contribution is -2.47. The number of aliphatic hydroxyl groups excluding tert-OH is 1. The fourth-order valence-corrected chi connectivity index (χ4v) is 4.48. The number of carbonyl (C=O) groups is 1. The Labute approximate surface area is 191 Å². The van der Waals surface area contributed by atoms with Crippen molar-refractivity contribution in [3.8, 4) is 11.5 Å². The summed E-state index contributed by atoms with van der Waals surface area (Å²) in [5.41, 5.74) is 0.358. The van der Waals surface area contributed by atoms with E-state index in [4.69, 9.17) is 21.1 Å². The number of piperidine rings is 1. The first kappa shape index (κ1) is 23.6. The van der Waals surface area contributed by atoms with Gasteiger partial charge in [0, 0.05) is 25.4 Å². The van der Waals surface area contributed by atoms with Gasteiger partial charge in [-0.25, -0.2) is 0 Å². The first-order valence-corrected chi connectivity index (χ1v) is 11.8. The molecule has 1 amide bonds. The molecule has 7 nitrogen and oxygen atoms in total. The number of nitrogens with zero attached hydrogens (tertiary/aromatic N) is 1. The Hall–Kier alpha value is -1.06. The molecule has 168 valence electrons. The Bertz CT molecular complexity index is 737. The van der Waals surface area contributed by atoms with Crippen LogP contribution in [0.3, 0.4) is 0 Å². The number of ether oxygens (including phenoxy) is 2.